The molecule has 3 heterocycles. The average Bonchev–Trinajstić information content (AvgIpc) is 3.48. The second-order valence-corrected chi connectivity index (χ2v) is 7.86. The molecule has 5 rings (SSSR count). The predicted molar refractivity (Wildman–Crippen MR) is 121 cm³/mol. The Bertz CT molecular complexity index is 1380. The topological polar surface area (TPSA) is 85.3 Å². The molecule has 2 aromatic carbocycles. The molecule has 0 aliphatic rings. The van der Waals surface area contributed by atoms with Crippen molar-refractivity contribution in [2.24, 2.45) is 0 Å². The van der Waals surface area contributed by atoms with Crippen molar-refractivity contribution in [3.63, 3.8) is 0 Å². The Labute approximate surface area is 182 Å². The first-order valence-electron chi connectivity index (χ1n) is 9.93. The molecular formula is C23H19N5O2S. The van der Waals surface area contributed by atoms with E-state index >= 15 is 0 Å². The smallest absolute Gasteiger partial charge is 0.234 e. The number of carbonyl (C=O) groups excluding carboxylic acids is 1. The third kappa shape index (κ3) is 3.66. The molecule has 0 bridgehead atoms. The lowest BCUT2D eigenvalue weighted by atomic mass is 10.1. The first-order chi connectivity index (χ1) is 15.2. The predicted octanol–water partition coefficient (Wildman–Crippen LogP) is 4.83. The van der Waals surface area contributed by atoms with E-state index in [4.69, 9.17) is 9.40 Å². The summed E-state index contributed by atoms with van der Waals surface area (Å²) >= 11 is 1.31. The second-order valence-electron chi connectivity index (χ2n) is 6.92. The standard InChI is InChI=1S/C23H19N5O2S/c1-2-15-8-3-5-10-17(15)24-20(29)14-31-23-27-26-21-16-9-4-6-11-18(16)25-22(28(21)23)19-12-7-13-30-19/h3-13H,2,14H2,1H3,(H,24,29). The molecule has 0 aliphatic carbocycles. The number of furan rings is 1. The second kappa shape index (κ2) is 8.23. The number of carbonyl (C=O) groups is 1. The fraction of sp³-hybridized carbons (Fsp3) is 0.130. The van der Waals surface area contributed by atoms with Gasteiger partial charge in [-0.3, -0.25) is 9.20 Å². The lowest BCUT2D eigenvalue weighted by Crippen LogP contribution is -2.15. The monoisotopic (exact) mass is 429 g/mol. The van der Waals surface area contributed by atoms with Gasteiger partial charge in [0.25, 0.3) is 0 Å². The van der Waals surface area contributed by atoms with Gasteiger partial charge in [0.2, 0.25) is 5.91 Å². The van der Waals surface area contributed by atoms with Crippen molar-refractivity contribution in [1.29, 1.82) is 0 Å². The normalized spacial score (nSPS) is 11.3. The van der Waals surface area contributed by atoms with E-state index in [-0.39, 0.29) is 11.7 Å². The van der Waals surface area contributed by atoms with Crippen LogP contribution >= 0.6 is 11.8 Å². The highest BCUT2D eigenvalue weighted by Crippen LogP contribution is 2.29. The summed E-state index contributed by atoms with van der Waals surface area (Å²) in [5.41, 5.74) is 3.42. The Balaban J connectivity index is 1.48. The molecule has 0 aliphatic heterocycles. The zero-order valence-corrected chi connectivity index (χ0v) is 17.6. The molecule has 0 saturated heterocycles. The first kappa shape index (κ1) is 19.3. The number of benzene rings is 2. The van der Waals surface area contributed by atoms with Crippen LogP contribution in [0.25, 0.3) is 28.1 Å². The van der Waals surface area contributed by atoms with Crippen LogP contribution in [0.15, 0.2) is 76.5 Å². The van der Waals surface area contributed by atoms with Crippen LogP contribution in [0.4, 0.5) is 5.69 Å². The van der Waals surface area contributed by atoms with Gasteiger partial charge in [0, 0.05) is 11.1 Å². The summed E-state index contributed by atoms with van der Waals surface area (Å²) in [5.74, 6) is 1.31. The highest BCUT2D eigenvalue weighted by molar-refractivity contribution is 7.99. The third-order valence-electron chi connectivity index (χ3n) is 4.96. The van der Waals surface area contributed by atoms with Gasteiger partial charge < -0.3 is 9.73 Å². The number of hydrogen-bond acceptors (Lipinski definition) is 6. The summed E-state index contributed by atoms with van der Waals surface area (Å²) < 4.78 is 7.45. The first-order valence-corrected chi connectivity index (χ1v) is 10.9. The number of thioether (sulfide) groups is 1. The number of aromatic nitrogens is 4. The van der Waals surface area contributed by atoms with Crippen LogP contribution < -0.4 is 5.32 Å². The molecule has 7 nitrogen and oxygen atoms in total. The highest BCUT2D eigenvalue weighted by Gasteiger charge is 2.19. The molecule has 154 valence electrons. The number of nitrogens with one attached hydrogen (secondary N) is 1. The van der Waals surface area contributed by atoms with E-state index in [1.54, 1.807) is 6.26 Å². The summed E-state index contributed by atoms with van der Waals surface area (Å²) in [6, 6.07) is 19.2. The summed E-state index contributed by atoms with van der Waals surface area (Å²) in [4.78, 5) is 17.4. The lowest BCUT2D eigenvalue weighted by molar-refractivity contribution is -0.113. The van der Waals surface area contributed by atoms with Gasteiger partial charge in [-0.2, -0.15) is 0 Å². The number of fused-ring (bicyclic) bond motifs is 3. The minimum Gasteiger partial charge on any atom is -0.461 e. The molecule has 0 unspecified atom stereocenters. The number of aryl methyl sites for hydroxylation is 1. The third-order valence-corrected chi connectivity index (χ3v) is 5.89. The van der Waals surface area contributed by atoms with Crippen molar-refractivity contribution < 1.29 is 9.21 Å². The summed E-state index contributed by atoms with van der Waals surface area (Å²) in [6.45, 7) is 2.07. The molecule has 0 atom stereocenters. The van der Waals surface area contributed by atoms with E-state index in [9.17, 15) is 4.79 Å². The SMILES string of the molecule is CCc1ccccc1NC(=O)CSc1nnc2c3ccccc3nc(-c3ccco3)n12. The molecule has 8 heteroatoms. The summed E-state index contributed by atoms with van der Waals surface area (Å²) in [6.07, 6.45) is 2.46. The van der Waals surface area contributed by atoms with Crippen LogP contribution in [-0.2, 0) is 11.2 Å². The maximum atomic E-state index is 12.6. The lowest BCUT2D eigenvalue weighted by Gasteiger charge is -2.10. The molecule has 5 aromatic rings. The van der Waals surface area contributed by atoms with Gasteiger partial charge in [0.05, 0.1) is 17.5 Å². The fourth-order valence-corrected chi connectivity index (χ4v) is 4.22. The van der Waals surface area contributed by atoms with Gasteiger partial charge in [-0.05, 0) is 42.3 Å². The van der Waals surface area contributed by atoms with Crippen LogP contribution in [0, 0.1) is 0 Å². The van der Waals surface area contributed by atoms with Crippen molar-refractivity contribution in [2.45, 2.75) is 18.5 Å². The quantitative estimate of drug-likeness (QED) is 0.389. The Morgan fingerprint density at radius 3 is 2.74 bits per heavy atom. The maximum absolute atomic E-state index is 12.6. The zero-order chi connectivity index (χ0) is 21.2. The van der Waals surface area contributed by atoms with E-state index in [0.717, 1.165) is 28.6 Å². The molecule has 31 heavy (non-hydrogen) atoms. The number of amides is 1. The van der Waals surface area contributed by atoms with E-state index in [0.29, 0.717) is 22.4 Å². The van der Waals surface area contributed by atoms with Crippen LogP contribution in [0.5, 0.6) is 0 Å². The fourth-order valence-electron chi connectivity index (χ4n) is 3.49. The summed E-state index contributed by atoms with van der Waals surface area (Å²) in [7, 11) is 0. The van der Waals surface area contributed by atoms with Crippen LogP contribution in [0.2, 0.25) is 0 Å². The van der Waals surface area contributed by atoms with Crippen molar-refractivity contribution in [2.75, 3.05) is 11.1 Å². The minimum atomic E-state index is -0.101. The zero-order valence-electron chi connectivity index (χ0n) is 16.8. The van der Waals surface area contributed by atoms with Crippen molar-refractivity contribution >= 4 is 39.9 Å². The van der Waals surface area contributed by atoms with Crippen LogP contribution in [0.1, 0.15) is 12.5 Å². The number of anilines is 1. The van der Waals surface area contributed by atoms with Crippen molar-refractivity contribution in [3.8, 4) is 11.6 Å². The summed E-state index contributed by atoms with van der Waals surface area (Å²) in [5, 5.41) is 13.2. The molecule has 0 spiro atoms. The molecule has 1 amide bonds. The van der Waals surface area contributed by atoms with Crippen LogP contribution in [0.3, 0.4) is 0 Å². The molecule has 0 fully saturated rings. The van der Waals surface area contributed by atoms with E-state index in [2.05, 4.69) is 22.4 Å². The average molecular weight is 430 g/mol. The van der Waals surface area contributed by atoms with Gasteiger partial charge in [0.15, 0.2) is 22.4 Å². The van der Waals surface area contributed by atoms with E-state index in [1.807, 2.05) is 65.1 Å². The van der Waals surface area contributed by atoms with Gasteiger partial charge in [-0.15, -0.1) is 10.2 Å². The Morgan fingerprint density at radius 1 is 1.06 bits per heavy atom. The molecule has 0 saturated carbocycles. The highest BCUT2D eigenvalue weighted by atomic mass is 32.2. The number of para-hydroxylation sites is 2. The maximum Gasteiger partial charge on any atom is 0.234 e. The Morgan fingerprint density at radius 2 is 1.90 bits per heavy atom. The van der Waals surface area contributed by atoms with Crippen molar-refractivity contribution in [1.82, 2.24) is 19.6 Å². The van der Waals surface area contributed by atoms with Gasteiger partial charge >= 0.3 is 0 Å². The van der Waals surface area contributed by atoms with E-state index < -0.39 is 0 Å². The number of rotatable bonds is 6. The van der Waals surface area contributed by atoms with Gasteiger partial charge in [-0.25, -0.2) is 4.98 Å². The minimum absolute atomic E-state index is 0.101. The van der Waals surface area contributed by atoms with Gasteiger partial charge in [0.1, 0.15) is 0 Å². The molecule has 0 radical (unpaired) electrons. The molecular weight excluding hydrogens is 410 g/mol. The Kier molecular flexibility index (Phi) is 5.13. The Hall–Kier alpha value is -3.65. The van der Waals surface area contributed by atoms with Crippen LogP contribution in [-0.4, -0.2) is 31.2 Å². The molecule has 1 N–H and O–H groups in total. The van der Waals surface area contributed by atoms with Gasteiger partial charge in [-0.1, -0.05) is 49.0 Å². The largest absolute Gasteiger partial charge is 0.461 e. The number of nitrogens with zero attached hydrogens (tertiary/aromatic N) is 4. The van der Waals surface area contributed by atoms with E-state index in [1.165, 1.54) is 11.8 Å². The van der Waals surface area contributed by atoms with Crippen molar-refractivity contribution in [3.05, 3.63) is 72.5 Å². The number of hydrogen-bond donors (Lipinski definition) is 1. The molecule has 3 aromatic heterocycles.